The molecule has 0 bridgehead atoms. The van der Waals surface area contributed by atoms with Gasteiger partial charge in [0.05, 0.1) is 6.20 Å². The highest BCUT2D eigenvalue weighted by Gasteiger charge is 2.50. The molecule has 1 aliphatic heterocycles. The standard InChI is InChI=1S/C15H16N2O8S/c18-11-12(19)14(25-15(13(11)20)26(21,22)23)24-10-4-9(6-17-7-10)8-2-1-3-16-5-8/h1-7,11-15,18-20H,(H,21,22,23)/t11-,12-,13+,14-,15?/m1/s1. The summed E-state index contributed by atoms with van der Waals surface area (Å²) in [5.41, 5.74) is -0.796. The van der Waals surface area contributed by atoms with Gasteiger partial charge in [-0.1, -0.05) is 6.07 Å². The zero-order valence-electron chi connectivity index (χ0n) is 13.2. The second-order valence-corrected chi connectivity index (χ2v) is 7.12. The van der Waals surface area contributed by atoms with Gasteiger partial charge in [0, 0.05) is 29.7 Å². The van der Waals surface area contributed by atoms with Crippen molar-refractivity contribution in [2.24, 2.45) is 0 Å². The van der Waals surface area contributed by atoms with E-state index in [2.05, 4.69) is 9.97 Å². The van der Waals surface area contributed by atoms with E-state index in [1.165, 1.54) is 6.20 Å². The van der Waals surface area contributed by atoms with Gasteiger partial charge in [-0.15, -0.1) is 0 Å². The quantitative estimate of drug-likeness (QED) is 0.490. The summed E-state index contributed by atoms with van der Waals surface area (Å²) in [7, 11) is -4.85. The van der Waals surface area contributed by atoms with E-state index in [9.17, 15) is 23.7 Å². The fourth-order valence-corrected chi connectivity index (χ4v) is 3.23. The summed E-state index contributed by atoms with van der Waals surface area (Å²) in [5, 5.41) is 29.4. The van der Waals surface area contributed by atoms with Crippen LogP contribution in [-0.4, -0.2) is 68.3 Å². The van der Waals surface area contributed by atoms with Crippen LogP contribution in [0.4, 0.5) is 0 Å². The first kappa shape index (κ1) is 18.6. The van der Waals surface area contributed by atoms with Gasteiger partial charge in [-0.3, -0.25) is 14.5 Å². The molecule has 11 heteroatoms. The number of aromatic nitrogens is 2. The third-order valence-corrected chi connectivity index (χ3v) is 4.76. The number of aliphatic hydroxyl groups excluding tert-OH is 3. The van der Waals surface area contributed by atoms with Gasteiger partial charge in [0.25, 0.3) is 10.1 Å². The smallest absolute Gasteiger partial charge is 0.295 e. The third kappa shape index (κ3) is 3.82. The molecule has 5 atom stereocenters. The highest BCUT2D eigenvalue weighted by atomic mass is 32.2. The van der Waals surface area contributed by atoms with Crippen molar-refractivity contribution in [1.29, 1.82) is 0 Å². The SMILES string of the molecule is O=S(=O)(O)C1O[C@@H](Oc2cncc(-c3cccnc3)c2)[C@H](O)[C@@H](O)[C@@H]1O. The molecule has 1 aliphatic rings. The molecule has 2 aromatic rings. The van der Waals surface area contributed by atoms with Gasteiger partial charge in [-0.2, -0.15) is 8.42 Å². The minimum absolute atomic E-state index is 0.105. The maximum absolute atomic E-state index is 11.3. The fourth-order valence-electron chi connectivity index (χ4n) is 2.47. The molecule has 3 heterocycles. The van der Waals surface area contributed by atoms with E-state index in [1.54, 1.807) is 36.8 Å². The predicted octanol–water partition coefficient (Wildman–Crippen LogP) is -0.825. The van der Waals surface area contributed by atoms with Gasteiger partial charge >= 0.3 is 0 Å². The van der Waals surface area contributed by atoms with Crippen LogP contribution in [0.25, 0.3) is 11.1 Å². The van der Waals surface area contributed by atoms with Crippen molar-refractivity contribution >= 4 is 10.1 Å². The minimum atomic E-state index is -4.85. The maximum atomic E-state index is 11.3. The van der Waals surface area contributed by atoms with Crippen LogP contribution in [0, 0.1) is 0 Å². The minimum Gasteiger partial charge on any atom is -0.460 e. The molecule has 10 nitrogen and oxygen atoms in total. The molecule has 140 valence electrons. The lowest BCUT2D eigenvalue weighted by Crippen LogP contribution is -2.61. The largest absolute Gasteiger partial charge is 0.460 e. The van der Waals surface area contributed by atoms with Crippen LogP contribution in [0.1, 0.15) is 0 Å². The van der Waals surface area contributed by atoms with Crippen LogP contribution in [0.3, 0.4) is 0 Å². The first-order valence-electron chi connectivity index (χ1n) is 7.45. The highest BCUT2D eigenvalue weighted by molar-refractivity contribution is 7.86. The topological polar surface area (TPSA) is 159 Å². The van der Waals surface area contributed by atoms with Crippen LogP contribution in [-0.2, 0) is 14.9 Å². The normalized spacial score (nSPS) is 29.3. The molecule has 0 spiro atoms. The summed E-state index contributed by atoms with van der Waals surface area (Å²) < 4.78 is 42.0. The monoisotopic (exact) mass is 384 g/mol. The van der Waals surface area contributed by atoms with Crippen LogP contribution < -0.4 is 4.74 Å². The molecule has 26 heavy (non-hydrogen) atoms. The molecule has 0 saturated carbocycles. The molecule has 1 saturated heterocycles. The summed E-state index contributed by atoms with van der Waals surface area (Å²) in [6, 6.07) is 5.06. The highest BCUT2D eigenvalue weighted by Crippen LogP contribution is 2.28. The van der Waals surface area contributed by atoms with Gasteiger partial charge in [0.2, 0.25) is 11.7 Å². The molecule has 1 unspecified atom stereocenters. The molecule has 1 fully saturated rings. The molecule has 0 aromatic carbocycles. The number of pyridine rings is 2. The third-order valence-electron chi connectivity index (χ3n) is 3.78. The first-order valence-corrected chi connectivity index (χ1v) is 8.96. The molecular weight excluding hydrogens is 368 g/mol. The summed E-state index contributed by atoms with van der Waals surface area (Å²) in [6.45, 7) is 0. The van der Waals surface area contributed by atoms with Gasteiger partial charge in [0.15, 0.2) is 0 Å². The van der Waals surface area contributed by atoms with Crippen molar-refractivity contribution in [1.82, 2.24) is 9.97 Å². The number of hydrogen-bond donors (Lipinski definition) is 4. The van der Waals surface area contributed by atoms with Crippen LogP contribution >= 0.6 is 0 Å². The lowest BCUT2D eigenvalue weighted by Gasteiger charge is -2.38. The number of rotatable bonds is 4. The molecule has 0 amide bonds. The molecule has 3 rings (SSSR count). The van der Waals surface area contributed by atoms with Crippen molar-refractivity contribution in [3.05, 3.63) is 43.0 Å². The molecule has 4 N–H and O–H groups in total. The summed E-state index contributed by atoms with van der Waals surface area (Å²) in [5.74, 6) is 0.105. The Morgan fingerprint density at radius 1 is 1.00 bits per heavy atom. The van der Waals surface area contributed by atoms with Crippen LogP contribution in [0.5, 0.6) is 5.75 Å². The molecular formula is C15H16N2O8S. The second kappa shape index (κ2) is 7.23. The van der Waals surface area contributed by atoms with E-state index in [4.69, 9.17) is 14.0 Å². The summed E-state index contributed by atoms with van der Waals surface area (Å²) in [6.07, 6.45) is -1.34. The lowest BCUT2D eigenvalue weighted by molar-refractivity contribution is -0.254. The Labute approximate surface area is 148 Å². The Hall–Kier alpha value is -2.15. The van der Waals surface area contributed by atoms with E-state index >= 15 is 0 Å². The molecule has 0 radical (unpaired) electrons. The van der Waals surface area contributed by atoms with E-state index < -0.39 is 40.2 Å². The fraction of sp³-hybridized carbons (Fsp3) is 0.333. The van der Waals surface area contributed by atoms with Crippen molar-refractivity contribution in [3.8, 4) is 16.9 Å². The summed E-state index contributed by atoms with van der Waals surface area (Å²) >= 11 is 0. The maximum Gasteiger partial charge on any atom is 0.295 e. The van der Waals surface area contributed by atoms with Gasteiger partial charge in [0.1, 0.15) is 24.1 Å². The zero-order chi connectivity index (χ0) is 18.9. The van der Waals surface area contributed by atoms with Crippen molar-refractivity contribution in [2.45, 2.75) is 30.0 Å². The molecule has 2 aromatic heterocycles. The van der Waals surface area contributed by atoms with E-state index in [-0.39, 0.29) is 5.75 Å². The van der Waals surface area contributed by atoms with Gasteiger partial charge < -0.3 is 24.8 Å². The molecule has 0 aliphatic carbocycles. The van der Waals surface area contributed by atoms with E-state index in [0.717, 1.165) is 5.56 Å². The van der Waals surface area contributed by atoms with Crippen LogP contribution in [0.15, 0.2) is 43.0 Å². The van der Waals surface area contributed by atoms with Crippen LogP contribution in [0.2, 0.25) is 0 Å². The predicted molar refractivity (Wildman–Crippen MR) is 86.3 cm³/mol. The Bertz CT molecular complexity index is 863. The average Bonchev–Trinajstić information content (AvgIpc) is 2.62. The number of hydrogen-bond acceptors (Lipinski definition) is 9. The van der Waals surface area contributed by atoms with Crippen molar-refractivity contribution in [2.75, 3.05) is 0 Å². The number of aliphatic hydroxyl groups is 3. The Kier molecular flexibility index (Phi) is 5.18. The first-order chi connectivity index (χ1) is 12.3. The van der Waals surface area contributed by atoms with Crippen molar-refractivity contribution < 1.29 is 37.8 Å². The number of nitrogens with zero attached hydrogens (tertiary/aromatic N) is 2. The van der Waals surface area contributed by atoms with Gasteiger partial charge in [-0.25, -0.2) is 0 Å². The van der Waals surface area contributed by atoms with Gasteiger partial charge in [-0.05, 0) is 12.1 Å². The summed E-state index contributed by atoms with van der Waals surface area (Å²) in [4.78, 5) is 7.97. The van der Waals surface area contributed by atoms with Crippen molar-refractivity contribution in [3.63, 3.8) is 0 Å². The zero-order valence-corrected chi connectivity index (χ0v) is 14.0. The Morgan fingerprint density at radius 2 is 1.73 bits per heavy atom. The lowest BCUT2D eigenvalue weighted by atomic mass is 10.1. The second-order valence-electron chi connectivity index (χ2n) is 5.63. The Morgan fingerprint density at radius 3 is 2.38 bits per heavy atom. The van der Waals surface area contributed by atoms with E-state index in [1.807, 2.05) is 0 Å². The average molecular weight is 384 g/mol. The van der Waals surface area contributed by atoms with E-state index in [0.29, 0.717) is 5.56 Å². The Balaban J connectivity index is 1.84. The number of ether oxygens (including phenoxy) is 2.